The highest BCUT2D eigenvalue weighted by Gasteiger charge is 2.72. The first kappa shape index (κ1) is 35.3. The van der Waals surface area contributed by atoms with Crippen molar-refractivity contribution in [2.24, 2.45) is 11.8 Å². The van der Waals surface area contributed by atoms with Crippen LogP contribution in [0.15, 0.2) is 78.9 Å². The molecule has 3 amide bonds. The number of aliphatic hydroxyl groups excluding tert-OH is 1. The van der Waals surface area contributed by atoms with Gasteiger partial charge in [0.15, 0.2) is 0 Å². The summed E-state index contributed by atoms with van der Waals surface area (Å²) >= 11 is 0. The van der Waals surface area contributed by atoms with Crippen molar-refractivity contribution in [3.63, 3.8) is 0 Å². The Morgan fingerprint density at radius 2 is 1.68 bits per heavy atom. The minimum Gasteiger partial charge on any atom is -0.455 e. The summed E-state index contributed by atoms with van der Waals surface area (Å²) < 4.78 is 13.1. The second-order valence-electron chi connectivity index (χ2n) is 13.6. The minimum absolute atomic E-state index is 0.0922. The lowest BCUT2D eigenvalue weighted by molar-refractivity contribution is -0.164. The number of benzene rings is 2. The predicted molar refractivity (Wildman–Crippen MR) is 189 cm³/mol. The highest BCUT2D eigenvalue weighted by atomic mass is 16.6. The van der Waals surface area contributed by atoms with Crippen LogP contribution in [-0.2, 0) is 28.7 Å². The lowest BCUT2D eigenvalue weighted by Gasteiger charge is -2.37. The van der Waals surface area contributed by atoms with E-state index in [-0.39, 0.29) is 31.4 Å². The number of amides is 3. The van der Waals surface area contributed by atoms with E-state index in [0.29, 0.717) is 17.7 Å². The molecule has 11 heteroatoms. The van der Waals surface area contributed by atoms with E-state index in [1.807, 2.05) is 67.6 Å². The molecule has 2 saturated heterocycles. The lowest BCUT2D eigenvalue weighted by atomic mass is 9.77. The highest BCUT2D eigenvalue weighted by molar-refractivity contribution is 6.05. The SMILES string of the molecule is CCN(CC)c1ccc(N2CC=C[C@@]34O[C@H]5/C=C\CCC(=O)N(C)[C@@H](C)[C@H](c6ccccc6)OC(=O)[C@H]5[C@@H]3C(=O)N([C@H](C)CO)[C@H]4C2=O)cc1. The van der Waals surface area contributed by atoms with Crippen molar-refractivity contribution in [3.8, 4) is 0 Å². The molecule has 0 aliphatic carbocycles. The summed E-state index contributed by atoms with van der Waals surface area (Å²) in [6, 6.07) is 14.6. The molecule has 0 unspecified atom stereocenters. The summed E-state index contributed by atoms with van der Waals surface area (Å²) in [5.41, 5.74) is 0.906. The Kier molecular flexibility index (Phi) is 10.2. The van der Waals surface area contributed by atoms with Crippen molar-refractivity contribution in [2.45, 2.75) is 76.5 Å². The van der Waals surface area contributed by atoms with E-state index in [4.69, 9.17) is 9.47 Å². The third-order valence-corrected chi connectivity index (χ3v) is 10.9. The van der Waals surface area contributed by atoms with Gasteiger partial charge in [0, 0.05) is 44.5 Å². The number of likely N-dealkylation sites (tertiary alicyclic amines) is 1. The Bertz CT molecular complexity index is 1640. The maximum Gasteiger partial charge on any atom is 0.313 e. The number of hydrogen-bond donors (Lipinski definition) is 1. The molecular formula is C39H48N4O7. The van der Waals surface area contributed by atoms with Crippen LogP contribution in [0.2, 0.25) is 0 Å². The topological polar surface area (TPSA) is 120 Å². The van der Waals surface area contributed by atoms with Crippen molar-refractivity contribution in [3.05, 3.63) is 84.5 Å². The van der Waals surface area contributed by atoms with Crippen molar-refractivity contribution in [1.29, 1.82) is 0 Å². The standard InChI is InChI=1S/C39H48N4O7/c1-6-41(7-2)28-18-20-29(21-19-28)42-23-13-22-39-33(36(46)43(25(3)24-44)35(39)37(42)47)32-30(50-39)16-11-12-17-31(45)40(5)26(4)34(49-38(32)48)27-14-9-8-10-15-27/h8-11,13-16,18-22,25-26,30,32-35,44H,6-7,12,17,23-24H2,1-5H3/b16-11-/t25-,26+,30+,32-,33-,34-,35+,39-/m1/s1. The van der Waals surface area contributed by atoms with Gasteiger partial charge in [0.2, 0.25) is 11.8 Å². The molecule has 2 aromatic rings. The number of carbonyl (C=O) groups is 4. The number of ether oxygens (including phenoxy) is 2. The van der Waals surface area contributed by atoms with Gasteiger partial charge >= 0.3 is 5.97 Å². The number of aliphatic hydroxyl groups is 1. The third-order valence-electron chi connectivity index (χ3n) is 10.9. The monoisotopic (exact) mass is 684 g/mol. The molecule has 4 aliphatic heterocycles. The smallest absolute Gasteiger partial charge is 0.313 e. The van der Waals surface area contributed by atoms with Gasteiger partial charge in [-0.3, -0.25) is 19.2 Å². The summed E-state index contributed by atoms with van der Waals surface area (Å²) in [5.74, 6) is -3.74. The van der Waals surface area contributed by atoms with Crippen LogP contribution in [0.4, 0.5) is 11.4 Å². The van der Waals surface area contributed by atoms with Gasteiger partial charge in [0.05, 0.1) is 30.7 Å². The van der Waals surface area contributed by atoms with Gasteiger partial charge in [-0.2, -0.15) is 0 Å². The summed E-state index contributed by atoms with van der Waals surface area (Å²) in [6.07, 6.45) is 6.05. The average molecular weight is 685 g/mol. The molecular weight excluding hydrogens is 636 g/mol. The third kappa shape index (κ3) is 6.00. The van der Waals surface area contributed by atoms with Gasteiger partial charge in [-0.05, 0) is 63.9 Å². The largest absolute Gasteiger partial charge is 0.455 e. The van der Waals surface area contributed by atoms with Crippen LogP contribution < -0.4 is 9.80 Å². The zero-order chi connectivity index (χ0) is 35.7. The molecule has 266 valence electrons. The summed E-state index contributed by atoms with van der Waals surface area (Å²) in [4.78, 5) is 64.0. The molecule has 4 heterocycles. The molecule has 50 heavy (non-hydrogen) atoms. The Morgan fingerprint density at radius 3 is 2.34 bits per heavy atom. The van der Waals surface area contributed by atoms with E-state index in [1.165, 1.54) is 4.90 Å². The van der Waals surface area contributed by atoms with E-state index in [1.54, 1.807) is 42.0 Å². The molecule has 4 aliphatic rings. The van der Waals surface area contributed by atoms with E-state index in [9.17, 15) is 24.3 Å². The van der Waals surface area contributed by atoms with Crippen LogP contribution in [0, 0.1) is 11.8 Å². The number of rotatable bonds is 7. The molecule has 0 radical (unpaired) electrons. The molecule has 8 atom stereocenters. The molecule has 2 fully saturated rings. The molecule has 1 spiro atoms. The first-order valence-electron chi connectivity index (χ1n) is 17.7. The summed E-state index contributed by atoms with van der Waals surface area (Å²) in [5, 5.41) is 10.3. The van der Waals surface area contributed by atoms with Crippen LogP contribution in [0.3, 0.4) is 0 Å². The molecule has 6 rings (SSSR count). The Balaban J connectivity index is 1.42. The Labute approximate surface area is 294 Å². The predicted octanol–water partition coefficient (Wildman–Crippen LogP) is 3.88. The van der Waals surface area contributed by atoms with Gasteiger partial charge in [-0.25, -0.2) is 0 Å². The fourth-order valence-electron chi connectivity index (χ4n) is 8.05. The van der Waals surface area contributed by atoms with Crippen LogP contribution in [0.1, 0.15) is 52.2 Å². The number of esters is 1. The van der Waals surface area contributed by atoms with E-state index >= 15 is 0 Å². The number of allylic oxidation sites excluding steroid dienone is 1. The maximum absolute atomic E-state index is 14.8. The molecule has 0 aromatic heterocycles. The van der Waals surface area contributed by atoms with E-state index in [2.05, 4.69) is 18.7 Å². The van der Waals surface area contributed by atoms with Gasteiger partial charge in [0.1, 0.15) is 23.7 Å². The quantitative estimate of drug-likeness (QED) is 0.345. The number of anilines is 2. The van der Waals surface area contributed by atoms with E-state index in [0.717, 1.165) is 18.8 Å². The number of cyclic esters (lactones) is 1. The van der Waals surface area contributed by atoms with Crippen LogP contribution in [0.25, 0.3) is 0 Å². The highest BCUT2D eigenvalue weighted by Crippen LogP contribution is 2.54. The zero-order valence-electron chi connectivity index (χ0n) is 29.5. The average Bonchev–Trinajstić information content (AvgIpc) is 3.53. The Hall–Kier alpha value is -4.48. The fourth-order valence-corrected chi connectivity index (χ4v) is 8.05. The van der Waals surface area contributed by atoms with Gasteiger partial charge in [-0.15, -0.1) is 0 Å². The van der Waals surface area contributed by atoms with Crippen molar-refractivity contribution in [2.75, 3.05) is 43.1 Å². The molecule has 11 nitrogen and oxygen atoms in total. The van der Waals surface area contributed by atoms with Gasteiger partial charge in [0.25, 0.3) is 5.91 Å². The van der Waals surface area contributed by atoms with E-state index < -0.39 is 59.6 Å². The second-order valence-corrected chi connectivity index (χ2v) is 13.6. The van der Waals surface area contributed by atoms with Crippen LogP contribution in [-0.4, -0.2) is 102 Å². The van der Waals surface area contributed by atoms with Crippen molar-refractivity contribution < 1.29 is 33.8 Å². The number of likely N-dealkylation sites (N-methyl/N-ethyl adjacent to an activating group) is 1. The molecule has 1 N–H and O–H groups in total. The molecule has 0 bridgehead atoms. The number of nitrogens with zero attached hydrogens (tertiary/aromatic N) is 4. The molecule has 0 saturated carbocycles. The summed E-state index contributed by atoms with van der Waals surface area (Å²) in [6.45, 7) is 9.24. The summed E-state index contributed by atoms with van der Waals surface area (Å²) in [7, 11) is 1.70. The second kappa shape index (κ2) is 14.4. The number of hydrogen-bond acceptors (Lipinski definition) is 8. The van der Waals surface area contributed by atoms with Gasteiger partial charge < -0.3 is 34.2 Å². The molecule has 2 aromatic carbocycles. The Morgan fingerprint density at radius 1 is 0.980 bits per heavy atom. The first-order valence-corrected chi connectivity index (χ1v) is 17.7. The lowest BCUT2D eigenvalue weighted by Crippen LogP contribution is -2.57. The zero-order valence-corrected chi connectivity index (χ0v) is 29.5. The number of carbonyl (C=O) groups excluding carboxylic acids is 4. The fraction of sp³-hybridized carbons (Fsp3) is 0.487. The number of fused-ring (bicyclic) bond motifs is 2. The minimum atomic E-state index is -1.51. The van der Waals surface area contributed by atoms with Crippen LogP contribution in [0.5, 0.6) is 0 Å². The first-order chi connectivity index (χ1) is 24.1. The maximum atomic E-state index is 14.8. The normalized spacial score (nSPS) is 31.2. The van der Waals surface area contributed by atoms with Gasteiger partial charge in [-0.1, -0.05) is 54.6 Å². The van der Waals surface area contributed by atoms with Crippen molar-refractivity contribution >= 4 is 35.1 Å². The van der Waals surface area contributed by atoms with Crippen molar-refractivity contribution in [1.82, 2.24) is 9.80 Å². The van der Waals surface area contributed by atoms with Crippen LogP contribution >= 0.6 is 0 Å².